The summed E-state index contributed by atoms with van der Waals surface area (Å²) in [5.41, 5.74) is 1.51. The summed E-state index contributed by atoms with van der Waals surface area (Å²) in [5, 5.41) is 0.863. The van der Waals surface area contributed by atoms with Crippen LogP contribution in [0.15, 0.2) is 24.3 Å². The highest BCUT2D eigenvalue weighted by atomic mass is 35.5. The second-order valence-electron chi connectivity index (χ2n) is 8.88. The van der Waals surface area contributed by atoms with Crippen molar-refractivity contribution in [3.8, 4) is 0 Å². The van der Waals surface area contributed by atoms with E-state index in [9.17, 15) is 0 Å². The minimum atomic E-state index is 0.780. The van der Waals surface area contributed by atoms with E-state index in [4.69, 9.17) is 11.6 Å². The molecule has 0 atom stereocenters. The Morgan fingerprint density at radius 1 is 0.720 bits per heavy atom. The molecular weight excluding hydrogens is 324 g/mol. The zero-order chi connectivity index (χ0) is 17.5. The molecule has 0 radical (unpaired) electrons. The van der Waals surface area contributed by atoms with Gasteiger partial charge in [-0.05, 0) is 67.1 Å². The van der Waals surface area contributed by atoms with Gasteiger partial charge < -0.3 is 0 Å². The van der Waals surface area contributed by atoms with Crippen LogP contribution in [0.25, 0.3) is 0 Å². The molecule has 1 aromatic carbocycles. The summed E-state index contributed by atoms with van der Waals surface area (Å²) < 4.78 is 0. The Morgan fingerprint density at radius 3 is 1.72 bits per heavy atom. The molecular formula is C24H37Cl. The Kier molecular flexibility index (Phi) is 7.71. The third kappa shape index (κ3) is 6.02. The molecule has 0 nitrogen and oxygen atoms in total. The molecule has 2 saturated carbocycles. The lowest BCUT2D eigenvalue weighted by Gasteiger charge is -2.32. The van der Waals surface area contributed by atoms with E-state index >= 15 is 0 Å². The first-order valence-electron chi connectivity index (χ1n) is 11.0. The SMILES string of the molecule is CCCCC1CCC(CCC2CCC(c3ccc(Cl)cc3)CC2)CC1. The highest BCUT2D eigenvalue weighted by Crippen LogP contribution is 2.40. The van der Waals surface area contributed by atoms with Gasteiger partial charge in [0.1, 0.15) is 0 Å². The van der Waals surface area contributed by atoms with E-state index < -0.39 is 0 Å². The van der Waals surface area contributed by atoms with Crippen molar-refractivity contribution in [2.45, 2.75) is 96.3 Å². The molecule has 0 saturated heterocycles. The van der Waals surface area contributed by atoms with Crippen molar-refractivity contribution in [2.24, 2.45) is 17.8 Å². The molecule has 0 N–H and O–H groups in total. The van der Waals surface area contributed by atoms with E-state index in [0.717, 1.165) is 28.7 Å². The molecule has 0 aromatic heterocycles. The number of halogens is 1. The van der Waals surface area contributed by atoms with Crippen molar-refractivity contribution in [3.63, 3.8) is 0 Å². The first-order valence-corrected chi connectivity index (χ1v) is 11.4. The van der Waals surface area contributed by atoms with Crippen LogP contribution in [0.4, 0.5) is 0 Å². The second-order valence-corrected chi connectivity index (χ2v) is 9.31. The van der Waals surface area contributed by atoms with Gasteiger partial charge >= 0.3 is 0 Å². The van der Waals surface area contributed by atoms with Gasteiger partial charge in [-0.1, -0.05) is 88.4 Å². The Labute approximate surface area is 160 Å². The summed E-state index contributed by atoms with van der Waals surface area (Å²) >= 11 is 6.02. The van der Waals surface area contributed by atoms with Crippen molar-refractivity contribution >= 4 is 11.6 Å². The molecule has 2 fully saturated rings. The van der Waals surface area contributed by atoms with Crippen molar-refractivity contribution < 1.29 is 0 Å². The van der Waals surface area contributed by atoms with Crippen LogP contribution in [0.5, 0.6) is 0 Å². The quantitative estimate of drug-likeness (QED) is 0.457. The van der Waals surface area contributed by atoms with Crippen LogP contribution >= 0.6 is 11.6 Å². The van der Waals surface area contributed by atoms with Gasteiger partial charge in [0.25, 0.3) is 0 Å². The fourth-order valence-corrected chi connectivity index (χ4v) is 5.42. The number of hydrogen-bond donors (Lipinski definition) is 0. The molecule has 25 heavy (non-hydrogen) atoms. The summed E-state index contributed by atoms with van der Waals surface area (Å²) in [6.45, 7) is 2.33. The largest absolute Gasteiger partial charge is 0.0843 e. The van der Waals surface area contributed by atoms with Crippen molar-refractivity contribution in [1.82, 2.24) is 0 Å². The summed E-state index contributed by atoms with van der Waals surface area (Å²) in [6.07, 6.45) is 19.1. The molecule has 0 amide bonds. The first-order chi connectivity index (χ1) is 12.2. The summed E-state index contributed by atoms with van der Waals surface area (Å²) in [6, 6.07) is 8.59. The van der Waals surface area contributed by atoms with Gasteiger partial charge in [0.05, 0.1) is 0 Å². The van der Waals surface area contributed by atoms with Crippen LogP contribution < -0.4 is 0 Å². The Balaban J connectivity index is 1.32. The standard InChI is InChI=1S/C24H37Cl/c1-2-3-4-19-5-7-20(8-6-19)9-10-21-11-13-22(14-12-21)23-15-17-24(25)18-16-23/h15-22H,2-14H2,1H3. The lowest BCUT2D eigenvalue weighted by atomic mass is 9.74. The maximum atomic E-state index is 6.02. The second kappa shape index (κ2) is 10.0. The van der Waals surface area contributed by atoms with E-state index in [1.165, 1.54) is 89.0 Å². The topological polar surface area (TPSA) is 0 Å². The fourth-order valence-electron chi connectivity index (χ4n) is 5.29. The molecule has 140 valence electrons. The molecule has 1 aromatic rings. The van der Waals surface area contributed by atoms with Gasteiger partial charge in [0.15, 0.2) is 0 Å². The number of unbranched alkanes of at least 4 members (excludes halogenated alkanes) is 1. The fraction of sp³-hybridized carbons (Fsp3) is 0.750. The van der Waals surface area contributed by atoms with Gasteiger partial charge in [0.2, 0.25) is 0 Å². The van der Waals surface area contributed by atoms with Crippen LogP contribution in [0.2, 0.25) is 5.02 Å². The molecule has 0 spiro atoms. The van der Waals surface area contributed by atoms with Crippen molar-refractivity contribution in [2.75, 3.05) is 0 Å². The number of benzene rings is 1. The zero-order valence-electron chi connectivity index (χ0n) is 16.2. The number of rotatable bonds is 7. The highest BCUT2D eigenvalue weighted by Gasteiger charge is 2.25. The summed E-state index contributed by atoms with van der Waals surface area (Å²) in [7, 11) is 0. The normalized spacial score (nSPS) is 30.3. The van der Waals surface area contributed by atoms with E-state index in [1.807, 2.05) is 0 Å². The molecule has 2 aliphatic carbocycles. The zero-order valence-corrected chi connectivity index (χ0v) is 16.9. The minimum absolute atomic E-state index is 0.780. The third-order valence-corrected chi connectivity index (χ3v) is 7.36. The predicted octanol–water partition coefficient (Wildman–Crippen LogP) is 8.39. The monoisotopic (exact) mass is 360 g/mol. The van der Waals surface area contributed by atoms with Gasteiger partial charge in [-0.3, -0.25) is 0 Å². The van der Waals surface area contributed by atoms with E-state index in [0.29, 0.717) is 0 Å². The molecule has 2 aliphatic rings. The Morgan fingerprint density at radius 2 is 1.20 bits per heavy atom. The lowest BCUT2D eigenvalue weighted by Crippen LogP contribution is -2.17. The Bertz CT molecular complexity index is 475. The maximum Gasteiger partial charge on any atom is 0.0406 e. The van der Waals surface area contributed by atoms with Crippen molar-refractivity contribution in [3.05, 3.63) is 34.9 Å². The molecule has 0 unspecified atom stereocenters. The van der Waals surface area contributed by atoms with E-state index in [1.54, 1.807) is 0 Å². The summed E-state index contributed by atoms with van der Waals surface area (Å²) in [5.74, 6) is 3.89. The number of hydrogen-bond acceptors (Lipinski definition) is 0. The van der Waals surface area contributed by atoms with Crippen LogP contribution in [-0.4, -0.2) is 0 Å². The molecule has 0 bridgehead atoms. The molecule has 0 heterocycles. The highest BCUT2D eigenvalue weighted by molar-refractivity contribution is 6.30. The van der Waals surface area contributed by atoms with Crippen LogP contribution in [0, 0.1) is 17.8 Å². The minimum Gasteiger partial charge on any atom is -0.0843 e. The molecule has 3 rings (SSSR count). The molecule has 1 heteroatoms. The van der Waals surface area contributed by atoms with Crippen LogP contribution in [-0.2, 0) is 0 Å². The maximum absolute atomic E-state index is 6.02. The predicted molar refractivity (Wildman–Crippen MR) is 110 cm³/mol. The van der Waals surface area contributed by atoms with Gasteiger partial charge in [-0.25, -0.2) is 0 Å². The van der Waals surface area contributed by atoms with Crippen molar-refractivity contribution in [1.29, 1.82) is 0 Å². The average Bonchev–Trinajstić information content (AvgIpc) is 2.67. The van der Waals surface area contributed by atoms with Gasteiger partial charge in [-0.15, -0.1) is 0 Å². The Hall–Kier alpha value is -0.490. The average molecular weight is 361 g/mol. The summed E-state index contributed by atoms with van der Waals surface area (Å²) in [4.78, 5) is 0. The van der Waals surface area contributed by atoms with Crippen LogP contribution in [0.3, 0.4) is 0 Å². The lowest BCUT2D eigenvalue weighted by molar-refractivity contribution is 0.222. The molecule has 0 aliphatic heterocycles. The van der Waals surface area contributed by atoms with E-state index in [-0.39, 0.29) is 0 Å². The first kappa shape index (κ1) is 19.3. The van der Waals surface area contributed by atoms with Crippen LogP contribution in [0.1, 0.15) is 102 Å². The van der Waals surface area contributed by atoms with Gasteiger partial charge in [-0.2, -0.15) is 0 Å². The van der Waals surface area contributed by atoms with Gasteiger partial charge in [0, 0.05) is 5.02 Å². The smallest absolute Gasteiger partial charge is 0.0406 e. The third-order valence-electron chi connectivity index (χ3n) is 7.10. The van der Waals surface area contributed by atoms with E-state index in [2.05, 4.69) is 31.2 Å².